The monoisotopic (exact) mass is 494 g/mol. The molecule has 2 aromatic carbocycles. The second kappa shape index (κ2) is 10.4. The molecule has 3 heterocycles. The van der Waals surface area contributed by atoms with Gasteiger partial charge in [-0.2, -0.15) is 0 Å². The smallest absolute Gasteiger partial charge is 0.244 e. The van der Waals surface area contributed by atoms with Crippen molar-refractivity contribution in [3.63, 3.8) is 0 Å². The van der Waals surface area contributed by atoms with Crippen LogP contribution >= 0.6 is 0 Å². The number of rotatable bonds is 8. The Hall–Kier alpha value is -4.92. The third-order valence-corrected chi connectivity index (χ3v) is 5.88. The molecule has 0 saturated carbocycles. The Morgan fingerprint density at radius 1 is 0.946 bits per heavy atom. The molecule has 0 radical (unpaired) electrons. The first-order valence-corrected chi connectivity index (χ1v) is 11.6. The van der Waals surface area contributed by atoms with Crippen LogP contribution in [-0.4, -0.2) is 46.2 Å². The van der Waals surface area contributed by atoms with E-state index < -0.39 is 0 Å². The molecule has 0 bridgehead atoms. The van der Waals surface area contributed by atoms with Gasteiger partial charge < -0.3 is 24.3 Å². The lowest BCUT2D eigenvalue weighted by Gasteiger charge is -2.25. The molecule has 0 aliphatic carbocycles. The zero-order valence-electron chi connectivity index (χ0n) is 20.8. The number of nitrogens with one attached hydrogen (secondary N) is 1. The summed E-state index contributed by atoms with van der Waals surface area (Å²) in [4.78, 5) is 28.5. The predicted molar refractivity (Wildman–Crippen MR) is 143 cm³/mol. The first kappa shape index (κ1) is 23.8. The van der Waals surface area contributed by atoms with Gasteiger partial charge in [0.1, 0.15) is 18.0 Å². The third-order valence-electron chi connectivity index (χ3n) is 5.88. The van der Waals surface area contributed by atoms with Gasteiger partial charge in [0, 0.05) is 72.7 Å². The summed E-state index contributed by atoms with van der Waals surface area (Å²) in [5.41, 5.74) is 5.39. The third kappa shape index (κ3) is 5.35. The first-order valence-electron chi connectivity index (χ1n) is 11.6. The Kier molecular flexibility index (Phi) is 6.67. The molecule has 186 valence electrons. The van der Waals surface area contributed by atoms with E-state index in [2.05, 4.69) is 15.3 Å². The molecule has 9 heteroatoms. The highest BCUT2D eigenvalue weighted by Crippen LogP contribution is 2.34. The Bertz CT molecular complexity index is 1530. The molecule has 0 spiro atoms. The Morgan fingerprint density at radius 2 is 1.70 bits per heavy atom. The van der Waals surface area contributed by atoms with Gasteiger partial charge in [0.05, 0.1) is 37.1 Å². The van der Waals surface area contributed by atoms with E-state index in [0.29, 0.717) is 22.7 Å². The molecular weight excluding hydrogens is 468 g/mol. The number of aryl methyl sites for hydroxylation is 1. The minimum Gasteiger partial charge on any atom is -0.497 e. The van der Waals surface area contributed by atoms with Crippen LogP contribution in [0.3, 0.4) is 0 Å². The normalized spacial score (nSPS) is 10.8. The molecule has 0 unspecified atom stereocenters. The number of fused-ring (bicyclic) bond motifs is 1. The predicted octanol–water partition coefficient (Wildman–Crippen LogP) is 4.82. The summed E-state index contributed by atoms with van der Waals surface area (Å²) < 4.78 is 12.9. The molecule has 3 aromatic heterocycles. The number of carbonyl (C=O) groups excluding carboxylic acids is 1. The molecule has 0 aliphatic heterocycles. The molecule has 5 rings (SSSR count). The van der Waals surface area contributed by atoms with E-state index in [0.717, 1.165) is 28.1 Å². The molecule has 9 nitrogen and oxygen atoms in total. The van der Waals surface area contributed by atoms with Crippen LogP contribution in [-0.2, 0) is 11.8 Å². The molecule has 0 atom stereocenters. The number of methoxy groups -OCH3 is 2. The van der Waals surface area contributed by atoms with Crippen molar-refractivity contribution in [3.8, 4) is 22.8 Å². The van der Waals surface area contributed by atoms with Gasteiger partial charge in [-0.3, -0.25) is 14.8 Å². The fraction of sp³-hybridized carbons (Fsp3) is 0.143. The van der Waals surface area contributed by atoms with Gasteiger partial charge >= 0.3 is 0 Å². The minimum atomic E-state index is -0.197. The average molecular weight is 495 g/mol. The second-order valence-corrected chi connectivity index (χ2v) is 8.43. The van der Waals surface area contributed by atoms with Gasteiger partial charge in [-0.1, -0.05) is 0 Å². The standard InChI is InChI=1S/C28H26N6O3/c1-33-11-8-19(17-33)27-16-30-25-5-4-21(14-26(25)32-27)34(18-28(35)31-20-6-9-29-10-7-20)22-12-23(36-2)15-24(13-22)37-3/h4-17H,18H2,1-3H3,(H,29,31,35). The lowest BCUT2D eigenvalue weighted by molar-refractivity contribution is -0.114. The number of ether oxygens (including phenoxy) is 2. The van der Waals surface area contributed by atoms with Crippen molar-refractivity contribution < 1.29 is 14.3 Å². The highest BCUT2D eigenvalue weighted by atomic mass is 16.5. The number of anilines is 3. The summed E-state index contributed by atoms with van der Waals surface area (Å²) in [6.45, 7) is 0.0377. The molecule has 37 heavy (non-hydrogen) atoms. The zero-order chi connectivity index (χ0) is 25.8. The maximum atomic E-state index is 13.1. The van der Waals surface area contributed by atoms with Crippen LogP contribution < -0.4 is 19.7 Å². The number of carbonyl (C=O) groups is 1. The van der Waals surface area contributed by atoms with Crippen LogP contribution in [0.2, 0.25) is 0 Å². The minimum absolute atomic E-state index is 0.0377. The van der Waals surface area contributed by atoms with Crippen LogP contribution in [0.5, 0.6) is 11.5 Å². The van der Waals surface area contributed by atoms with Crippen molar-refractivity contribution in [3.05, 3.63) is 85.6 Å². The van der Waals surface area contributed by atoms with Gasteiger partial charge in [-0.05, 0) is 36.4 Å². The second-order valence-electron chi connectivity index (χ2n) is 8.43. The fourth-order valence-corrected chi connectivity index (χ4v) is 4.02. The van der Waals surface area contributed by atoms with Crippen molar-refractivity contribution >= 4 is 34.0 Å². The summed E-state index contributed by atoms with van der Waals surface area (Å²) in [7, 11) is 5.15. The topological polar surface area (TPSA) is 94.4 Å². The number of hydrogen-bond acceptors (Lipinski definition) is 7. The zero-order valence-corrected chi connectivity index (χ0v) is 20.8. The van der Waals surface area contributed by atoms with Gasteiger partial charge in [-0.25, -0.2) is 4.98 Å². The summed E-state index contributed by atoms with van der Waals surface area (Å²) in [6.07, 6.45) is 9.00. The van der Waals surface area contributed by atoms with Crippen LogP contribution in [0.4, 0.5) is 17.1 Å². The van der Waals surface area contributed by atoms with Crippen molar-refractivity contribution in [1.82, 2.24) is 19.5 Å². The largest absolute Gasteiger partial charge is 0.497 e. The number of nitrogens with zero attached hydrogens (tertiary/aromatic N) is 5. The van der Waals surface area contributed by atoms with Gasteiger partial charge in [0.25, 0.3) is 0 Å². The van der Waals surface area contributed by atoms with Gasteiger partial charge in [0.15, 0.2) is 0 Å². The highest BCUT2D eigenvalue weighted by Gasteiger charge is 2.18. The number of benzene rings is 2. The lowest BCUT2D eigenvalue weighted by Crippen LogP contribution is -2.29. The molecule has 1 amide bonds. The van der Waals surface area contributed by atoms with E-state index in [1.54, 1.807) is 51.0 Å². The Balaban J connectivity index is 1.56. The SMILES string of the molecule is COc1cc(OC)cc(N(CC(=O)Nc2ccncc2)c2ccc3ncc(-c4ccn(C)c4)nc3c2)c1. The van der Waals surface area contributed by atoms with E-state index >= 15 is 0 Å². The fourth-order valence-electron chi connectivity index (χ4n) is 4.02. The van der Waals surface area contributed by atoms with Crippen LogP contribution in [0.25, 0.3) is 22.3 Å². The first-order chi connectivity index (χ1) is 18.0. The molecule has 1 N–H and O–H groups in total. The number of hydrogen-bond donors (Lipinski definition) is 1. The van der Waals surface area contributed by atoms with Gasteiger partial charge in [0.2, 0.25) is 5.91 Å². The number of pyridine rings is 1. The van der Waals surface area contributed by atoms with Crippen LogP contribution in [0.1, 0.15) is 0 Å². The van der Waals surface area contributed by atoms with E-state index in [4.69, 9.17) is 14.5 Å². The van der Waals surface area contributed by atoms with E-state index in [9.17, 15) is 4.79 Å². The molecule has 0 aliphatic rings. The molecular formula is C28H26N6O3. The molecule has 0 saturated heterocycles. The maximum absolute atomic E-state index is 13.1. The van der Waals surface area contributed by atoms with Crippen molar-refractivity contribution in [2.24, 2.45) is 7.05 Å². The van der Waals surface area contributed by atoms with E-state index in [1.807, 2.05) is 65.3 Å². The summed E-state index contributed by atoms with van der Waals surface area (Å²) in [5, 5.41) is 2.93. The quantitative estimate of drug-likeness (QED) is 0.330. The average Bonchev–Trinajstić information content (AvgIpc) is 3.37. The van der Waals surface area contributed by atoms with Crippen LogP contribution in [0, 0.1) is 0 Å². The van der Waals surface area contributed by atoms with Crippen molar-refractivity contribution in [2.45, 2.75) is 0 Å². The molecule has 0 fully saturated rings. The maximum Gasteiger partial charge on any atom is 0.244 e. The highest BCUT2D eigenvalue weighted by molar-refractivity contribution is 5.96. The summed E-state index contributed by atoms with van der Waals surface area (Å²) in [5.74, 6) is 1.03. The van der Waals surface area contributed by atoms with Crippen LogP contribution in [0.15, 0.2) is 85.6 Å². The summed E-state index contributed by atoms with van der Waals surface area (Å²) in [6, 6.07) is 16.7. The number of aromatic nitrogens is 4. The van der Waals surface area contributed by atoms with E-state index in [1.165, 1.54) is 0 Å². The Morgan fingerprint density at radius 3 is 2.38 bits per heavy atom. The summed E-state index contributed by atoms with van der Waals surface area (Å²) >= 11 is 0. The lowest BCUT2D eigenvalue weighted by atomic mass is 10.2. The van der Waals surface area contributed by atoms with Gasteiger partial charge in [-0.15, -0.1) is 0 Å². The number of amides is 1. The molecule has 5 aromatic rings. The van der Waals surface area contributed by atoms with Crippen molar-refractivity contribution in [2.75, 3.05) is 31.0 Å². The van der Waals surface area contributed by atoms with Crippen molar-refractivity contribution in [1.29, 1.82) is 0 Å². The Labute approximate surface area is 214 Å². The van der Waals surface area contributed by atoms with E-state index in [-0.39, 0.29) is 12.5 Å².